The number of carbonyl (C=O) groups excluding carboxylic acids is 3. The molecule has 7 heteroatoms. The number of halogens is 1. The molecule has 0 saturated carbocycles. The van der Waals surface area contributed by atoms with Gasteiger partial charge in [-0.3, -0.25) is 14.9 Å². The third-order valence-electron chi connectivity index (χ3n) is 4.21. The van der Waals surface area contributed by atoms with Gasteiger partial charge in [-0.05, 0) is 47.9 Å². The van der Waals surface area contributed by atoms with Gasteiger partial charge in [0, 0.05) is 10.6 Å². The second-order valence-electron chi connectivity index (χ2n) is 6.41. The van der Waals surface area contributed by atoms with Crippen LogP contribution in [-0.2, 0) is 9.59 Å². The van der Waals surface area contributed by atoms with E-state index in [-0.39, 0.29) is 16.9 Å². The molecular weight excluding hydrogens is 368 g/mol. The summed E-state index contributed by atoms with van der Waals surface area (Å²) in [6.45, 7) is 4.06. The molecule has 1 saturated heterocycles. The van der Waals surface area contributed by atoms with E-state index in [1.54, 1.807) is 12.1 Å². The minimum atomic E-state index is -0.834. The fourth-order valence-electron chi connectivity index (χ4n) is 2.70. The summed E-state index contributed by atoms with van der Waals surface area (Å²) < 4.78 is 0. The molecule has 1 aliphatic rings. The monoisotopic (exact) mass is 384 g/mol. The van der Waals surface area contributed by atoms with Crippen LogP contribution in [0.2, 0.25) is 5.02 Å². The van der Waals surface area contributed by atoms with Crippen LogP contribution in [0.5, 0.6) is 5.75 Å². The van der Waals surface area contributed by atoms with E-state index < -0.39 is 17.8 Å². The number of amides is 4. The first kappa shape index (κ1) is 18.7. The van der Waals surface area contributed by atoms with Crippen molar-refractivity contribution in [1.82, 2.24) is 5.32 Å². The van der Waals surface area contributed by atoms with Crippen LogP contribution in [-0.4, -0.2) is 23.0 Å². The third kappa shape index (κ3) is 3.71. The van der Waals surface area contributed by atoms with E-state index in [9.17, 15) is 19.5 Å². The number of anilines is 1. The fourth-order valence-corrected chi connectivity index (χ4v) is 2.88. The molecule has 1 fully saturated rings. The molecule has 0 aliphatic carbocycles. The zero-order chi connectivity index (χ0) is 19.7. The van der Waals surface area contributed by atoms with Crippen LogP contribution in [0.4, 0.5) is 10.5 Å². The van der Waals surface area contributed by atoms with Gasteiger partial charge in [0.25, 0.3) is 11.8 Å². The van der Waals surface area contributed by atoms with Crippen LogP contribution >= 0.6 is 11.6 Å². The first-order valence-corrected chi connectivity index (χ1v) is 8.65. The number of aromatic hydroxyl groups is 1. The normalized spacial score (nSPS) is 16.2. The van der Waals surface area contributed by atoms with Gasteiger partial charge < -0.3 is 5.11 Å². The van der Waals surface area contributed by atoms with Gasteiger partial charge in [-0.25, -0.2) is 9.69 Å². The van der Waals surface area contributed by atoms with E-state index in [4.69, 9.17) is 11.6 Å². The van der Waals surface area contributed by atoms with Crippen molar-refractivity contribution in [3.05, 3.63) is 64.2 Å². The van der Waals surface area contributed by atoms with Crippen LogP contribution in [0, 0.1) is 0 Å². The van der Waals surface area contributed by atoms with E-state index in [2.05, 4.69) is 5.32 Å². The Kier molecular flexibility index (Phi) is 5.01. The summed E-state index contributed by atoms with van der Waals surface area (Å²) in [6.07, 6.45) is 1.21. The molecule has 0 aromatic heterocycles. The number of barbiturate groups is 1. The number of phenols is 1. The van der Waals surface area contributed by atoms with E-state index in [1.807, 2.05) is 26.0 Å². The van der Waals surface area contributed by atoms with E-state index in [0.29, 0.717) is 16.6 Å². The number of nitrogens with zero attached hydrogens (tertiary/aromatic N) is 1. The Hall–Kier alpha value is -3.12. The zero-order valence-corrected chi connectivity index (χ0v) is 15.4. The van der Waals surface area contributed by atoms with Gasteiger partial charge in [0.2, 0.25) is 0 Å². The molecule has 2 aromatic carbocycles. The Labute approximate surface area is 161 Å². The second kappa shape index (κ2) is 7.25. The maximum Gasteiger partial charge on any atom is 0.335 e. The summed E-state index contributed by atoms with van der Waals surface area (Å²) in [4.78, 5) is 38.1. The summed E-state index contributed by atoms with van der Waals surface area (Å²) in [5, 5.41) is 12.4. The van der Waals surface area contributed by atoms with Crippen molar-refractivity contribution in [2.75, 3.05) is 4.90 Å². The molecule has 1 heterocycles. The lowest BCUT2D eigenvalue weighted by Gasteiger charge is -2.26. The summed E-state index contributed by atoms with van der Waals surface area (Å²) in [7, 11) is 0. The number of urea groups is 1. The summed E-state index contributed by atoms with van der Waals surface area (Å²) in [5.41, 5.74) is 1.32. The number of hydrogen-bond donors (Lipinski definition) is 2. The Balaban J connectivity index is 2.01. The highest BCUT2D eigenvalue weighted by atomic mass is 35.5. The van der Waals surface area contributed by atoms with Crippen LogP contribution in [0.3, 0.4) is 0 Å². The van der Waals surface area contributed by atoms with Gasteiger partial charge in [0.05, 0.1) is 5.69 Å². The quantitative estimate of drug-likeness (QED) is 0.621. The van der Waals surface area contributed by atoms with Crippen molar-refractivity contribution in [2.45, 2.75) is 19.8 Å². The van der Waals surface area contributed by atoms with Crippen molar-refractivity contribution >= 4 is 41.2 Å². The Morgan fingerprint density at radius 3 is 2.37 bits per heavy atom. The first-order valence-electron chi connectivity index (χ1n) is 8.28. The molecule has 1 aliphatic heterocycles. The summed E-state index contributed by atoms with van der Waals surface area (Å²) >= 11 is 5.90. The fraction of sp³-hybridized carbons (Fsp3) is 0.150. The van der Waals surface area contributed by atoms with Crippen molar-refractivity contribution in [3.8, 4) is 5.75 Å². The standard InChI is InChI=1S/C20H17ClN2O4/c1-11(2)12-3-6-15(7-4-12)23-19(26)16(18(25)22-20(23)27)10-13-9-14(21)5-8-17(13)24/h3-11,24H,1-2H3,(H,22,25,27). The molecule has 2 N–H and O–H groups in total. The highest BCUT2D eigenvalue weighted by Crippen LogP contribution is 2.27. The smallest absolute Gasteiger partial charge is 0.335 e. The van der Waals surface area contributed by atoms with Gasteiger partial charge in [-0.1, -0.05) is 37.6 Å². The lowest BCUT2D eigenvalue weighted by atomic mass is 10.0. The van der Waals surface area contributed by atoms with Crippen LogP contribution in [0.15, 0.2) is 48.0 Å². The van der Waals surface area contributed by atoms with E-state index in [0.717, 1.165) is 10.5 Å². The lowest BCUT2D eigenvalue weighted by molar-refractivity contribution is -0.122. The van der Waals surface area contributed by atoms with Crippen LogP contribution in [0.25, 0.3) is 6.08 Å². The number of phenolic OH excluding ortho intramolecular Hbond substituents is 1. The summed E-state index contributed by atoms with van der Waals surface area (Å²) in [5.74, 6) is -1.45. The van der Waals surface area contributed by atoms with Gasteiger partial charge in [0.1, 0.15) is 11.3 Å². The maximum atomic E-state index is 12.8. The Morgan fingerprint density at radius 1 is 1.07 bits per heavy atom. The number of nitrogens with one attached hydrogen (secondary N) is 1. The number of hydrogen-bond acceptors (Lipinski definition) is 4. The second-order valence-corrected chi connectivity index (χ2v) is 6.84. The highest BCUT2D eigenvalue weighted by Gasteiger charge is 2.36. The molecule has 4 amide bonds. The molecule has 2 aromatic rings. The topological polar surface area (TPSA) is 86.7 Å². The molecule has 138 valence electrons. The number of imide groups is 2. The molecule has 0 bridgehead atoms. The highest BCUT2D eigenvalue weighted by molar-refractivity contribution is 6.39. The van der Waals surface area contributed by atoms with Gasteiger partial charge in [-0.2, -0.15) is 0 Å². The number of benzene rings is 2. The molecule has 0 atom stereocenters. The molecule has 0 spiro atoms. The van der Waals surface area contributed by atoms with Crippen molar-refractivity contribution in [3.63, 3.8) is 0 Å². The Bertz CT molecular complexity index is 964. The van der Waals surface area contributed by atoms with Crippen LogP contribution in [0.1, 0.15) is 30.9 Å². The predicted octanol–water partition coefficient (Wildman–Crippen LogP) is 3.84. The molecule has 3 rings (SSSR count). The molecule has 0 unspecified atom stereocenters. The molecule has 27 heavy (non-hydrogen) atoms. The van der Waals surface area contributed by atoms with Crippen molar-refractivity contribution < 1.29 is 19.5 Å². The van der Waals surface area contributed by atoms with Gasteiger partial charge in [-0.15, -0.1) is 0 Å². The molecular formula is C20H17ClN2O4. The minimum Gasteiger partial charge on any atom is -0.507 e. The molecule has 0 radical (unpaired) electrons. The third-order valence-corrected chi connectivity index (χ3v) is 4.44. The van der Waals surface area contributed by atoms with Crippen molar-refractivity contribution in [2.24, 2.45) is 0 Å². The van der Waals surface area contributed by atoms with Gasteiger partial charge >= 0.3 is 6.03 Å². The molecule has 6 nitrogen and oxygen atoms in total. The minimum absolute atomic E-state index is 0.141. The SMILES string of the molecule is CC(C)c1ccc(N2C(=O)NC(=O)C(=Cc3cc(Cl)ccc3O)C2=O)cc1. The van der Waals surface area contributed by atoms with E-state index >= 15 is 0 Å². The zero-order valence-electron chi connectivity index (χ0n) is 14.7. The summed E-state index contributed by atoms with van der Waals surface area (Å²) in [6, 6.07) is 10.4. The lowest BCUT2D eigenvalue weighted by Crippen LogP contribution is -2.54. The predicted molar refractivity (Wildman–Crippen MR) is 103 cm³/mol. The van der Waals surface area contributed by atoms with Gasteiger partial charge in [0.15, 0.2) is 0 Å². The Morgan fingerprint density at radius 2 is 1.74 bits per heavy atom. The number of rotatable bonds is 3. The van der Waals surface area contributed by atoms with Crippen molar-refractivity contribution in [1.29, 1.82) is 0 Å². The first-order chi connectivity index (χ1) is 12.8. The maximum absolute atomic E-state index is 12.8. The largest absolute Gasteiger partial charge is 0.507 e. The average Bonchev–Trinajstić information content (AvgIpc) is 2.61. The van der Waals surface area contributed by atoms with E-state index in [1.165, 1.54) is 24.3 Å². The number of carbonyl (C=O) groups is 3. The van der Waals surface area contributed by atoms with Crippen LogP contribution < -0.4 is 10.2 Å². The average molecular weight is 385 g/mol.